The summed E-state index contributed by atoms with van der Waals surface area (Å²) >= 11 is 0. The van der Waals surface area contributed by atoms with Crippen molar-refractivity contribution in [3.05, 3.63) is 29.8 Å². The van der Waals surface area contributed by atoms with Crippen molar-refractivity contribution in [2.75, 3.05) is 20.3 Å². The number of urea groups is 1. The van der Waals surface area contributed by atoms with E-state index in [4.69, 9.17) is 4.74 Å². The molecule has 0 aliphatic carbocycles. The van der Waals surface area contributed by atoms with Crippen LogP contribution < -0.4 is 10.1 Å². The van der Waals surface area contributed by atoms with Crippen LogP contribution in [0.15, 0.2) is 24.3 Å². The highest BCUT2D eigenvalue weighted by Crippen LogP contribution is 2.14. The summed E-state index contributed by atoms with van der Waals surface area (Å²) in [6, 6.07) is 5.18. The quantitative estimate of drug-likeness (QED) is 0.556. The van der Waals surface area contributed by atoms with E-state index < -0.39 is 24.1 Å². The molecule has 0 saturated carbocycles. The molecule has 2 atom stereocenters. The van der Waals surface area contributed by atoms with Crippen LogP contribution in [0.5, 0.6) is 5.75 Å². The Bertz CT molecular complexity index is 615. The van der Waals surface area contributed by atoms with Gasteiger partial charge in [0.2, 0.25) is 0 Å². The molecule has 1 aromatic carbocycles. The van der Waals surface area contributed by atoms with E-state index in [0.29, 0.717) is 17.7 Å². The standard InChI is InChI=1S/C16H20N2O6/c1-3-13-14(20)18(16(22)17-13)8-11(19)9-24-12-6-4-10(5-7-12)15(21)23-2/h4-7,11,13,19H,3,8-9H2,1-2H3,(H,17,22). The van der Waals surface area contributed by atoms with E-state index in [2.05, 4.69) is 10.1 Å². The number of amides is 3. The molecule has 8 heteroatoms. The lowest BCUT2D eigenvalue weighted by Crippen LogP contribution is -2.40. The van der Waals surface area contributed by atoms with Crippen LogP contribution in [0.25, 0.3) is 0 Å². The topological polar surface area (TPSA) is 105 Å². The summed E-state index contributed by atoms with van der Waals surface area (Å²) in [7, 11) is 1.29. The van der Waals surface area contributed by atoms with Gasteiger partial charge in [-0.15, -0.1) is 0 Å². The number of β-amino-alcohol motifs (C(OH)–C–C–N with tert-alkyl or cyclic N) is 1. The number of hydrogen-bond acceptors (Lipinski definition) is 6. The maximum absolute atomic E-state index is 11.9. The van der Waals surface area contributed by atoms with Gasteiger partial charge >= 0.3 is 12.0 Å². The van der Waals surface area contributed by atoms with Crippen molar-refractivity contribution in [3.8, 4) is 5.75 Å². The molecule has 130 valence electrons. The van der Waals surface area contributed by atoms with Crippen molar-refractivity contribution in [2.45, 2.75) is 25.5 Å². The smallest absolute Gasteiger partial charge is 0.337 e. The number of ether oxygens (including phenoxy) is 2. The highest BCUT2D eigenvalue weighted by molar-refractivity contribution is 6.04. The third kappa shape index (κ3) is 4.02. The first-order valence-electron chi connectivity index (χ1n) is 7.57. The van der Waals surface area contributed by atoms with Gasteiger partial charge in [0, 0.05) is 0 Å². The molecule has 8 nitrogen and oxygen atoms in total. The van der Waals surface area contributed by atoms with Crippen LogP contribution in [0.4, 0.5) is 4.79 Å². The number of nitrogens with one attached hydrogen (secondary N) is 1. The van der Waals surface area contributed by atoms with Crippen LogP contribution in [0.2, 0.25) is 0 Å². The predicted molar refractivity (Wildman–Crippen MR) is 83.6 cm³/mol. The lowest BCUT2D eigenvalue weighted by molar-refractivity contribution is -0.128. The van der Waals surface area contributed by atoms with Crippen LogP contribution in [-0.4, -0.2) is 60.3 Å². The Labute approximate surface area is 139 Å². The molecule has 0 spiro atoms. The molecule has 3 amide bonds. The third-order valence-corrected chi connectivity index (χ3v) is 3.63. The molecule has 2 rings (SSSR count). The number of methoxy groups -OCH3 is 1. The van der Waals surface area contributed by atoms with Gasteiger partial charge in [0.15, 0.2) is 0 Å². The molecule has 2 N–H and O–H groups in total. The molecule has 2 unspecified atom stereocenters. The Morgan fingerprint density at radius 1 is 1.33 bits per heavy atom. The number of rotatable bonds is 7. The zero-order chi connectivity index (χ0) is 17.7. The number of nitrogens with zero attached hydrogens (tertiary/aromatic N) is 1. The first-order valence-corrected chi connectivity index (χ1v) is 7.57. The number of esters is 1. The van der Waals surface area contributed by atoms with Gasteiger partial charge in [-0.1, -0.05) is 6.92 Å². The molecule has 1 saturated heterocycles. The second kappa shape index (κ2) is 7.78. The molecule has 1 fully saturated rings. The van der Waals surface area contributed by atoms with E-state index in [1.165, 1.54) is 19.2 Å². The fourth-order valence-corrected chi connectivity index (χ4v) is 2.29. The van der Waals surface area contributed by atoms with Crippen LogP contribution in [0, 0.1) is 0 Å². The molecular weight excluding hydrogens is 316 g/mol. The van der Waals surface area contributed by atoms with E-state index in [0.717, 1.165) is 4.90 Å². The monoisotopic (exact) mass is 336 g/mol. The SMILES string of the molecule is CCC1NC(=O)N(CC(O)COc2ccc(C(=O)OC)cc2)C1=O. The van der Waals surface area contributed by atoms with Gasteiger partial charge in [0.05, 0.1) is 19.2 Å². The van der Waals surface area contributed by atoms with Gasteiger partial charge in [0.25, 0.3) is 5.91 Å². The van der Waals surface area contributed by atoms with Crippen LogP contribution in [0.1, 0.15) is 23.7 Å². The Kier molecular flexibility index (Phi) is 5.75. The number of benzene rings is 1. The Balaban J connectivity index is 1.85. The van der Waals surface area contributed by atoms with Crippen LogP contribution in [-0.2, 0) is 9.53 Å². The summed E-state index contributed by atoms with van der Waals surface area (Å²) < 4.78 is 9.99. The normalized spacial score (nSPS) is 18.3. The van der Waals surface area contributed by atoms with Crippen molar-refractivity contribution in [1.29, 1.82) is 0 Å². The minimum atomic E-state index is -1.02. The fraction of sp³-hybridized carbons (Fsp3) is 0.438. The van der Waals surface area contributed by atoms with Gasteiger partial charge in [-0.05, 0) is 30.7 Å². The number of aliphatic hydroxyl groups excluding tert-OH is 1. The van der Waals surface area contributed by atoms with Gasteiger partial charge < -0.3 is 19.9 Å². The molecule has 1 heterocycles. The van der Waals surface area contributed by atoms with E-state index in [-0.39, 0.29) is 19.1 Å². The zero-order valence-electron chi connectivity index (χ0n) is 13.5. The first kappa shape index (κ1) is 17.7. The molecule has 1 aliphatic heterocycles. The Morgan fingerprint density at radius 2 is 2.00 bits per heavy atom. The maximum Gasteiger partial charge on any atom is 0.337 e. The largest absolute Gasteiger partial charge is 0.491 e. The number of carbonyl (C=O) groups is 3. The van der Waals surface area contributed by atoms with E-state index in [1.54, 1.807) is 19.1 Å². The maximum atomic E-state index is 11.9. The lowest BCUT2D eigenvalue weighted by Gasteiger charge is -2.18. The third-order valence-electron chi connectivity index (χ3n) is 3.63. The predicted octanol–water partition coefficient (Wildman–Crippen LogP) is 0.543. The minimum Gasteiger partial charge on any atom is -0.491 e. The molecule has 1 aromatic rings. The molecular formula is C16H20N2O6. The van der Waals surface area contributed by atoms with Gasteiger partial charge in [-0.2, -0.15) is 0 Å². The summed E-state index contributed by atoms with van der Waals surface area (Å²) in [6.07, 6.45) is -0.518. The number of hydrogen-bond donors (Lipinski definition) is 2. The van der Waals surface area contributed by atoms with Crippen molar-refractivity contribution in [2.24, 2.45) is 0 Å². The molecule has 0 aromatic heterocycles. The Hall–Kier alpha value is -2.61. The summed E-state index contributed by atoms with van der Waals surface area (Å²) in [6.45, 7) is 1.57. The number of imide groups is 1. The summed E-state index contributed by atoms with van der Waals surface area (Å²) in [5.74, 6) is -0.347. The van der Waals surface area contributed by atoms with Crippen molar-refractivity contribution >= 4 is 17.9 Å². The van der Waals surface area contributed by atoms with E-state index >= 15 is 0 Å². The van der Waals surface area contributed by atoms with Crippen LogP contribution >= 0.6 is 0 Å². The molecule has 0 bridgehead atoms. The zero-order valence-corrected chi connectivity index (χ0v) is 13.5. The van der Waals surface area contributed by atoms with Crippen molar-refractivity contribution < 1.29 is 29.0 Å². The molecule has 24 heavy (non-hydrogen) atoms. The second-order valence-electron chi connectivity index (χ2n) is 5.34. The highest BCUT2D eigenvalue weighted by Gasteiger charge is 2.37. The summed E-state index contributed by atoms with van der Waals surface area (Å²) in [5, 5.41) is 12.5. The first-order chi connectivity index (χ1) is 11.5. The minimum absolute atomic E-state index is 0.0918. The summed E-state index contributed by atoms with van der Waals surface area (Å²) in [4.78, 5) is 35.9. The number of carbonyl (C=O) groups excluding carboxylic acids is 3. The number of aliphatic hydroxyl groups is 1. The van der Waals surface area contributed by atoms with Gasteiger partial charge in [0.1, 0.15) is 24.5 Å². The van der Waals surface area contributed by atoms with Crippen LogP contribution in [0.3, 0.4) is 0 Å². The highest BCUT2D eigenvalue weighted by atomic mass is 16.5. The van der Waals surface area contributed by atoms with E-state index in [9.17, 15) is 19.5 Å². The van der Waals surface area contributed by atoms with Crippen molar-refractivity contribution in [3.63, 3.8) is 0 Å². The molecule has 0 radical (unpaired) electrons. The second-order valence-corrected chi connectivity index (χ2v) is 5.34. The van der Waals surface area contributed by atoms with Crippen molar-refractivity contribution in [1.82, 2.24) is 10.2 Å². The van der Waals surface area contributed by atoms with Gasteiger partial charge in [-0.3, -0.25) is 9.69 Å². The average Bonchev–Trinajstić information content (AvgIpc) is 2.87. The Morgan fingerprint density at radius 3 is 2.54 bits per heavy atom. The average molecular weight is 336 g/mol. The van der Waals surface area contributed by atoms with E-state index in [1.807, 2.05) is 0 Å². The molecule has 1 aliphatic rings. The lowest BCUT2D eigenvalue weighted by atomic mass is 10.2. The fourth-order valence-electron chi connectivity index (χ4n) is 2.29. The summed E-state index contributed by atoms with van der Waals surface area (Å²) in [5.41, 5.74) is 0.385. The van der Waals surface area contributed by atoms with Gasteiger partial charge in [-0.25, -0.2) is 9.59 Å².